The third-order valence-electron chi connectivity index (χ3n) is 4.63. The first-order valence-corrected chi connectivity index (χ1v) is 8.93. The Morgan fingerprint density at radius 1 is 1.42 bits per heavy atom. The van der Waals surface area contributed by atoms with Crippen LogP contribution in [0.2, 0.25) is 0 Å². The number of nitrogens with zero attached hydrogens (tertiary/aromatic N) is 4. The number of hydrogen-bond donors (Lipinski definition) is 1. The number of pyridine rings is 1. The van der Waals surface area contributed by atoms with Crippen LogP contribution < -0.4 is 5.32 Å². The summed E-state index contributed by atoms with van der Waals surface area (Å²) < 4.78 is 5.31. The zero-order chi connectivity index (χ0) is 18.5. The Bertz CT molecular complexity index is 766. The van der Waals surface area contributed by atoms with E-state index in [4.69, 9.17) is 14.7 Å². The van der Waals surface area contributed by atoms with Crippen molar-refractivity contribution in [1.29, 1.82) is 0 Å². The molecule has 0 fully saturated rings. The molecule has 2 aromatic rings. The highest BCUT2D eigenvalue weighted by Crippen LogP contribution is 2.27. The van der Waals surface area contributed by atoms with E-state index in [2.05, 4.69) is 17.2 Å². The lowest BCUT2D eigenvalue weighted by Gasteiger charge is -2.29. The molecule has 0 saturated carbocycles. The molecule has 0 aromatic carbocycles. The summed E-state index contributed by atoms with van der Waals surface area (Å²) in [7, 11) is 1.70. The third kappa shape index (κ3) is 3.99. The number of hydrogen-bond acceptors (Lipinski definition) is 6. The zero-order valence-corrected chi connectivity index (χ0v) is 15.5. The predicted octanol–water partition coefficient (Wildman–Crippen LogP) is 2.28. The Balaban J connectivity index is 2.01. The number of carbonyl (C=O) groups is 1. The fourth-order valence-electron chi connectivity index (χ4n) is 3.10. The Morgan fingerprint density at radius 2 is 2.27 bits per heavy atom. The molecule has 0 unspecified atom stereocenters. The van der Waals surface area contributed by atoms with Crippen LogP contribution in [0.3, 0.4) is 0 Å². The van der Waals surface area contributed by atoms with Gasteiger partial charge in [-0.15, -0.1) is 0 Å². The highest BCUT2D eigenvalue weighted by Gasteiger charge is 2.25. The summed E-state index contributed by atoms with van der Waals surface area (Å²) in [6.07, 6.45) is 5.15. The largest absolute Gasteiger partial charge is 0.383 e. The van der Waals surface area contributed by atoms with Gasteiger partial charge in [-0.2, -0.15) is 0 Å². The molecule has 7 nitrogen and oxygen atoms in total. The van der Waals surface area contributed by atoms with Gasteiger partial charge in [0.1, 0.15) is 5.82 Å². The van der Waals surface area contributed by atoms with Crippen molar-refractivity contribution in [2.45, 2.75) is 39.3 Å². The monoisotopic (exact) mass is 355 g/mol. The summed E-state index contributed by atoms with van der Waals surface area (Å²) >= 11 is 0. The highest BCUT2D eigenvalue weighted by atomic mass is 16.5. The molecule has 0 radical (unpaired) electrons. The van der Waals surface area contributed by atoms with Crippen LogP contribution in [-0.4, -0.2) is 52.1 Å². The molecule has 0 bridgehead atoms. The van der Waals surface area contributed by atoms with Crippen LogP contribution in [0.15, 0.2) is 24.5 Å². The molecule has 1 atom stereocenters. The topological polar surface area (TPSA) is 80.2 Å². The van der Waals surface area contributed by atoms with E-state index in [0.29, 0.717) is 25.5 Å². The van der Waals surface area contributed by atoms with Crippen molar-refractivity contribution < 1.29 is 9.53 Å². The van der Waals surface area contributed by atoms with Crippen LogP contribution in [0.25, 0.3) is 11.4 Å². The van der Waals surface area contributed by atoms with Crippen LogP contribution in [0.4, 0.5) is 5.82 Å². The number of fused-ring (bicyclic) bond motifs is 1. The first-order chi connectivity index (χ1) is 12.6. The lowest BCUT2D eigenvalue weighted by Crippen LogP contribution is -2.36. The fraction of sp³-hybridized carbons (Fsp3) is 0.474. The minimum Gasteiger partial charge on any atom is -0.383 e. The van der Waals surface area contributed by atoms with Gasteiger partial charge in [0.2, 0.25) is 5.91 Å². The van der Waals surface area contributed by atoms with Crippen molar-refractivity contribution in [3.8, 4) is 11.4 Å². The molecule has 0 saturated heterocycles. The van der Waals surface area contributed by atoms with Crippen molar-refractivity contribution in [3.63, 3.8) is 0 Å². The molecular weight excluding hydrogens is 330 g/mol. The van der Waals surface area contributed by atoms with Gasteiger partial charge in [0.05, 0.1) is 24.9 Å². The summed E-state index contributed by atoms with van der Waals surface area (Å²) in [5.74, 6) is 1.52. The average molecular weight is 355 g/mol. The van der Waals surface area contributed by atoms with Crippen molar-refractivity contribution in [2.24, 2.45) is 0 Å². The molecule has 3 rings (SSSR count). The average Bonchev–Trinajstić information content (AvgIpc) is 2.67. The minimum absolute atomic E-state index is 0.0671. The fourth-order valence-corrected chi connectivity index (χ4v) is 3.10. The lowest BCUT2D eigenvalue weighted by molar-refractivity contribution is -0.129. The number of amides is 1. The van der Waals surface area contributed by atoms with Crippen LogP contribution in [0.1, 0.15) is 31.5 Å². The molecular formula is C19H25N5O2. The first kappa shape index (κ1) is 18.3. The van der Waals surface area contributed by atoms with Gasteiger partial charge in [0.25, 0.3) is 0 Å². The number of carbonyl (C=O) groups excluding carboxylic acids is 1. The molecule has 26 heavy (non-hydrogen) atoms. The minimum atomic E-state index is 0.0671. The van der Waals surface area contributed by atoms with E-state index in [9.17, 15) is 4.79 Å². The standard InChI is InChI=1S/C19H25N5O2/c1-4-15(12-26-3)21-19-16-7-9-24(13(2)25)11-17(16)22-18(23-19)14-6-5-8-20-10-14/h5-6,8,10,15H,4,7,9,11-12H2,1-3H3,(H,21,22,23)/t15-/m0/s1. The second-order valence-electron chi connectivity index (χ2n) is 6.46. The van der Waals surface area contributed by atoms with Crippen LogP contribution in [0.5, 0.6) is 0 Å². The summed E-state index contributed by atoms with van der Waals surface area (Å²) in [4.78, 5) is 27.3. The van der Waals surface area contributed by atoms with Crippen LogP contribution in [-0.2, 0) is 22.5 Å². The van der Waals surface area contributed by atoms with E-state index < -0.39 is 0 Å². The molecule has 1 aliphatic heterocycles. The number of rotatable bonds is 6. The van der Waals surface area contributed by atoms with Crippen molar-refractivity contribution >= 4 is 11.7 Å². The van der Waals surface area contributed by atoms with Gasteiger partial charge in [0, 0.05) is 44.1 Å². The van der Waals surface area contributed by atoms with Crippen molar-refractivity contribution in [3.05, 3.63) is 35.8 Å². The van der Waals surface area contributed by atoms with Gasteiger partial charge in [-0.25, -0.2) is 9.97 Å². The molecule has 138 valence electrons. The Hall–Kier alpha value is -2.54. The predicted molar refractivity (Wildman–Crippen MR) is 99.6 cm³/mol. The van der Waals surface area contributed by atoms with Crippen molar-refractivity contribution in [1.82, 2.24) is 19.9 Å². The summed E-state index contributed by atoms with van der Waals surface area (Å²) in [6.45, 7) is 5.52. The number of aromatic nitrogens is 3. The van der Waals surface area contributed by atoms with E-state index in [1.54, 1.807) is 26.4 Å². The Kier molecular flexibility index (Phi) is 5.78. The molecule has 7 heteroatoms. The van der Waals surface area contributed by atoms with Gasteiger partial charge in [-0.3, -0.25) is 9.78 Å². The van der Waals surface area contributed by atoms with E-state index in [1.165, 1.54) is 0 Å². The molecule has 0 aliphatic carbocycles. The smallest absolute Gasteiger partial charge is 0.219 e. The van der Waals surface area contributed by atoms with E-state index in [1.807, 2.05) is 17.0 Å². The second kappa shape index (κ2) is 8.23. The SMILES string of the molecule is CC[C@@H](COC)Nc1nc(-c2cccnc2)nc2c1CCN(C(C)=O)C2. The highest BCUT2D eigenvalue weighted by molar-refractivity contribution is 5.74. The molecule has 1 N–H and O–H groups in total. The van der Waals surface area contributed by atoms with Crippen LogP contribution >= 0.6 is 0 Å². The maximum Gasteiger partial charge on any atom is 0.219 e. The van der Waals surface area contributed by atoms with Crippen LogP contribution in [0, 0.1) is 0 Å². The normalized spacial score (nSPS) is 14.7. The molecule has 1 aliphatic rings. The Labute approximate surface area is 153 Å². The van der Waals surface area contributed by atoms with Gasteiger partial charge in [-0.1, -0.05) is 6.92 Å². The van der Waals surface area contributed by atoms with Crippen molar-refractivity contribution in [2.75, 3.05) is 25.6 Å². The van der Waals surface area contributed by atoms with Gasteiger partial charge < -0.3 is 15.0 Å². The van der Waals surface area contributed by atoms with Gasteiger partial charge in [0.15, 0.2) is 5.82 Å². The van der Waals surface area contributed by atoms with Gasteiger partial charge >= 0.3 is 0 Å². The van der Waals surface area contributed by atoms with E-state index >= 15 is 0 Å². The first-order valence-electron chi connectivity index (χ1n) is 8.93. The number of ether oxygens (including phenoxy) is 1. The maximum atomic E-state index is 11.8. The number of methoxy groups -OCH3 is 1. The zero-order valence-electron chi connectivity index (χ0n) is 15.5. The van der Waals surface area contributed by atoms with E-state index in [-0.39, 0.29) is 11.9 Å². The maximum absolute atomic E-state index is 11.8. The van der Waals surface area contributed by atoms with Gasteiger partial charge in [-0.05, 0) is 25.0 Å². The number of anilines is 1. The second-order valence-corrected chi connectivity index (χ2v) is 6.46. The summed E-state index contributed by atoms with van der Waals surface area (Å²) in [5, 5.41) is 3.51. The quantitative estimate of drug-likeness (QED) is 0.856. The summed E-state index contributed by atoms with van der Waals surface area (Å²) in [6, 6.07) is 3.98. The summed E-state index contributed by atoms with van der Waals surface area (Å²) in [5.41, 5.74) is 2.85. The molecule has 1 amide bonds. The third-order valence-corrected chi connectivity index (χ3v) is 4.63. The lowest BCUT2D eigenvalue weighted by atomic mass is 10.0. The van der Waals surface area contributed by atoms with E-state index in [0.717, 1.165) is 35.5 Å². The molecule has 3 heterocycles. The molecule has 2 aromatic heterocycles. The molecule has 0 spiro atoms. The Morgan fingerprint density at radius 3 is 2.92 bits per heavy atom. The number of nitrogens with one attached hydrogen (secondary N) is 1.